The summed E-state index contributed by atoms with van der Waals surface area (Å²) in [4.78, 5) is 17.9. The molecule has 5 heteroatoms. The average molecular weight is 435 g/mol. The lowest BCUT2D eigenvalue weighted by Gasteiger charge is -2.12. The molecule has 0 aliphatic rings. The Hall–Kier alpha value is -2.88. The van der Waals surface area contributed by atoms with E-state index in [0.29, 0.717) is 27.2 Å². The third kappa shape index (κ3) is 4.18. The largest absolute Gasteiger partial charge is 0.322 e. The molecule has 1 aromatic heterocycles. The van der Waals surface area contributed by atoms with Gasteiger partial charge >= 0.3 is 0 Å². The van der Waals surface area contributed by atoms with Crippen molar-refractivity contribution in [2.45, 2.75) is 19.8 Å². The zero-order valence-electron chi connectivity index (χ0n) is 16.6. The zero-order valence-corrected chi connectivity index (χ0v) is 18.1. The van der Waals surface area contributed by atoms with Gasteiger partial charge in [0.2, 0.25) is 0 Å². The van der Waals surface area contributed by atoms with Crippen molar-refractivity contribution < 1.29 is 4.79 Å². The number of fused-ring (bicyclic) bond motifs is 1. The van der Waals surface area contributed by atoms with Crippen molar-refractivity contribution in [1.82, 2.24) is 4.98 Å². The molecule has 0 unspecified atom stereocenters. The normalized spacial score (nSPS) is 11.1. The molecule has 1 heterocycles. The van der Waals surface area contributed by atoms with Gasteiger partial charge in [-0.1, -0.05) is 73.4 Å². The summed E-state index contributed by atoms with van der Waals surface area (Å²) in [6.45, 7) is 4.28. The Bertz CT molecular complexity index is 1230. The van der Waals surface area contributed by atoms with Gasteiger partial charge in [0, 0.05) is 16.6 Å². The summed E-state index contributed by atoms with van der Waals surface area (Å²) in [5.41, 5.74) is 4.72. The van der Waals surface area contributed by atoms with Gasteiger partial charge in [0.05, 0.1) is 26.8 Å². The molecule has 3 nitrogen and oxygen atoms in total. The third-order valence-corrected chi connectivity index (χ3v) is 5.75. The quantitative estimate of drug-likeness (QED) is 0.359. The van der Waals surface area contributed by atoms with Gasteiger partial charge < -0.3 is 5.32 Å². The molecule has 0 spiro atoms. The standard InChI is InChI=1S/C25H20Cl2N2O/c1-15(2)16-7-10-18(11-8-16)28-25(30)20-14-24(17-9-12-21(26)22(27)13-17)29-23-6-4-3-5-19(20)23/h3-15H,1-2H3,(H,28,30). The molecular weight excluding hydrogens is 415 g/mol. The highest BCUT2D eigenvalue weighted by atomic mass is 35.5. The molecule has 0 bridgehead atoms. The molecule has 4 rings (SSSR count). The van der Waals surface area contributed by atoms with Crippen molar-refractivity contribution in [3.8, 4) is 11.3 Å². The third-order valence-electron chi connectivity index (χ3n) is 5.01. The smallest absolute Gasteiger partial charge is 0.256 e. The van der Waals surface area contributed by atoms with Crippen LogP contribution in [-0.4, -0.2) is 10.9 Å². The zero-order chi connectivity index (χ0) is 21.3. The van der Waals surface area contributed by atoms with Crippen LogP contribution in [0.25, 0.3) is 22.2 Å². The minimum absolute atomic E-state index is 0.188. The van der Waals surface area contributed by atoms with Crippen LogP contribution in [0.5, 0.6) is 0 Å². The van der Waals surface area contributed by atoms with E-state index >= 15 is 0 Å². The van der Waals surface area contributed by atoms with Crippen LogP contribution in [-0.2, 0) is 0 Å². The Balaban J connectivity index is 1.75. The predicted octanol–water partition coefficient (Wildman–Crippen LogP) is 7.58. The minimum atomic E-state index is -0.188. The van der Waals surface area contributed by atoms with Crippen LogP contribution >= 0.6 is 23.2 Å². The second kappa shape index (κ2) is 8.47. The highest BCUT2D eigenvalue weighted by Crippen LogP contribution is 2.30. The number of para-hydroxylation sites is 1. The summed E-state index contributed by atoms with van der Waals surface area (Å²) in [6.07, 6.45) is 0. The Morgan fingerprint density at radius 1 is 0.900 bits per heavy atom. The van der Waals surface area contributed by atoms with Crippen LogP contribution in [0, 0.1) is 0 Å². The van der Waals surface area contributed by atoms with E-state index in [4.69, 9.17) is 28.2 Å². The lowest BCUT2D eigenvalue weighted by Crippen LogP contribution is -2.13. The number of aromatic nitrogens is 1. The second-order valence-electron chi connectivity index (χ2n) is 7.43. The first-order valence-corrected chi connectivity index (χ1v) is 10.4. The number of carbonyl (C=O) groups excluding carboxylic acids is 1. The van der Waals surface area contributed by atoms with E-state index in [1.165, 1.54) is 5.56 Å². The van der Waals surface area contributed by atoms with E-state index in [0.717, 1.165) is 22.2 Å². The van der Waals surface area contributed by atoms with Gasteiger partial charge in [-0.25, -0.2) is 4.98 Å². The molecule has 0 fully saturated rings. The van der Waals surface area contributed by atoms with Gasteiger partial charge in [-0.3, -0.25) is 4.79 Å². The Labute approximate surface area is 185 Å². The van der Waals surface area contributed by atoms with E-state index in [1.54, 1.807) is 18.2 Å². The van der Waals surface area contributed by atoms with Crippen LogP contribution in [0.3, 0.4) is 0 Å². The first-order chi connectivity index (χ1) is 14.4. The fraction of sp³-hybridized carbons (Fsp3) is 0.120. The lowest BCUT2D eigenvalue weighted by atomic mass is 10.0. The molecule has 1 N–H and O–H groups in total. The predicted molar refractivity (Wildman–Crippen MR) is 126 cm³/mol. The highest BCUT2D eigenvalue weighted by molar-refractivity contribution is 6.42. The molecule has 0 atom stereocenters. The van der Waals surface area contributed by atoms with Gasteiger partial charge in [0.25, 0.3) is 5.91 Å². The average Bonchev–Trinajstić information content (AvgIpc) is 2.75. The molecular formula is C25H20Cl2N2O. The number of benzene rings is 3. The number of hydrogen-bond donors (Lipinski definition) is 1. The van der Waals surface area contributed by atoms with Crippen LogP contribution < -0.4 is 5.32 Å². The second-order valence-corrected chi connectivity index (χ2v) is 8.25. The fourth-order valence-corrected chi connectivity index (χ4v) is 3.61. The first-order valence-electron chi connectivity index (χ1n) is 9.69. The van der Waals surface area contributed by atoms with Crippen LogP contribution in [0.1, 0.15) is 35.7 Å². The summed E-state index contributed by atoms with van der Waals surface area (Å²) in [6, 6.07) is 22.6. The highest BCUT2D eigenvalue weighted by Gasteiger charge is 2.15. The number of pyridine rings is 1. The van der Waals surface area contributed by atoms with Crippen molar-refractivity contribution in [3.63, 3.8) is 0 Å². The number of nitrogens with one attached hydrogen (secondary N) is 1. The van der Waals surface area contributed by atoms with Gasteiger partial charge in [-0.2, -0.15) is 0 Å². The maximum atomic E-state index is 13.2. The molecule has 1 amide bonds. The van der Waals surface area contributed by atoms with Crippen LogP contribution in [0.4, 0.5) is 5.69 Å². The SMILES string of the molecule is CC(C)c1ccc(NC(=O)c2cc(-c3ccc(Cl)c(Cl)c3)nc3ccccc23)cc1. The molecule has 0 aliphatic heterocycles. The lowest BCUT2D eigenvalue weighted by molar-refractivity contribution is 0.102. The van der Waals surface area contributed by atoms with E-state index in [9.17, 15) is 4.79 Å². The number of amides is 1. The Morgan fingerprint density at radius 3 is 2.33 bits per heavy atom. The van der Waals surface area contributed by atoms with Gasteiger partial charge in [-0.15, -0.1) is 0 Å². The van der Waals surface area contributed by atoms with Crippen molar-refractivity contribution in [1.29, 1.82) is 0 Å². The summed E-state index contributed by atoms with van der Waals surface area (Å²) in [5, 5.41) is 4.71. The molecule has 4 aromatic rings. The van der Waals surface area contributed by atoms with E-state index in [1.807, 2.05) is 54.6 Å². The summed E-state index contributed by atoms with van der Waals surface area (Å²) in [5.74, 6) is 0.250. The summed E-state index contributed by atoms with van der Waals surface area (Å²) in [7, 11) is 0. The minimum Gasteiger partial charge on any atom is -0.322 e. The molecule has 150 valence electrons. The first kappa shape index (κ1) is 20.4. The molecule has 0 radical (unpaired) electrons. The van der Waals surface area contributed by atoms with Crippen molar-refractivity contribution in [2.75, 3.05) is 5.32 Å². The monoisotopic (exact) mass is 434 g/mol. The number of halogens is 2. The van der Waals surface area contributed by atoms with Crippen molar-refractivity contribution in [2.24, 2.45) is 0 Å². The molecule has 3 aromatic carbocycles. The van der Waals surface area contributed by atoms with E-state index in [2.05, 4.69) is 19.2 Å². The number of nitrogens with zero attached hydrogens (tertiary/aromatic N) is 1. The van der Waals surface area contributed by atoms with Crippen molar-refractivity contribution in [3.05, 3.63) is 94.0 Å². The maximum Gasteiger partial charge on any atom is 0.256 e. The van der Waals surface area contributed by atoms with Gasteiger partial charge in [-0.05, 0) is 47.9 Å². The van der Waals surface area contributed by atoms with Gasteiger partial charge in [0.1, 0.15) is 0 Å². The Kier molecular flexibility index (Phi) is 5.76. The molecule has 0 aliphatic carbocycles. The maximum absolute atomic E-state index is 13.2. The topological polar surface area (TPSA) is 42.0 Å². The molecule has 0 saturated heterocycles. The van der Waals surface area contributed by atoms with Crippen LogP contribution in [0.15, 0.2) is 72.8 Å². The number of anilines is 1. The van der Waals surface area contributed by atoms with E-state index < -0.39 is 0 Å². The Morgan fingerprint density at radius 2 is 1.63 bits per heavy atom. The van der Waals surface area contributed by atoms with Crippen LogP contribution in [0.2, 0.25) is 10.0 Å². The van der Waals surface area contributed by atoms with Gasteiger partial charge in [0.15, 0.2) is 0 Å². The molecule has 30 heavy (non-hydrogen) atoms. The number of hydrogen-bond acceptors (Lipinski definition) is 2. The van der Waals surface area contributed by atoms with Crippen molar-refractivity contribution >= 4 is 45.7 Å². The molecule has 0 saturated carbocycles. The summed E-state index contributed by atoms with van der Waals surface area (Å²) >= 11 is 12.2. The summed E-state index contributed by atoms with van der Waals surface area (Å²) < 4.78 is 0. The number of rotatable bonds is 4. The fourth-order valence-electron chi connectivity index (χ4n) is 3.32. The van der Waals surface area contributed by atoms with E-state index in [-0.39, 0.29) is 5.91 Å². The number of carbonyl (C=O) groups is 1.